The third-order valence-electron chi connectivity index (χ3n) is 5.12. The summed E-state index contributed by atoms with van der Waals surface area (Å²) < 4.78 is 2.37. The summed E-state index contributed by atoms with van der Waals surface area (Å²) in [6, 6.07) is 18.4. The Kier molecular flexibility index (Phi) is 4.71. The number of hydrogen-bond donors (Lipinski definition) is 1. The predicted octanol–water partition coefficient (Wildman–Crippen LogP) is 3.62. The molecule has 0 radical (unpaired) electrons. The second-order valence-corrected chi connectivity index (χ2v) is 6.94. The van der Waals surface area contributed by atoms with Crippen molar-refractivity contribution in [1.29, 1.82) is 0 Å². The molecule has 3 aromatic rings. The first-order valence-corrected chi connectivity index (χ1v) is 9.21. The number of nitrogens with one attached hydrogen (secondary N) is 1. The van der Waals surface area contributed by atoms with Gasteiger partial charge in [0.1, 0.15) is 5.82 Å². The molecule has 0 spiro atoms. The number of imidazole rings is 1. The molecular formula is C21H24N4O. The van der Waals surface area contributed by atoms with Gasteiger partial charge < -0.3 is 9.88 Å². The minimum Gasteiger partial charge on any atom is -0.325 e. The number of amides is 1. The smallest absolute Gasteiger partial charge is 0.238 e. The molecule has 0 bridgehead atoms. The van der Waals surface area contributed by atoms with E-state index < -0.39 is 0 Å². The van der Waals surface area contributed by atoms with Crippen molar-refractivity contribution >= 4 is 22.6 Å². The first-order valence-electron chi connectivity index (χ1n) is 9.21. The quantitative estimate of drug-likeness (QED) is 0.783. The number of carbonyl (C=O) groups is 1. The van der Waals surface area contributed by atoms with Crippen molar-refractivity contribution < 1.29 is 4.79 Å². The van der Waals surface area contributed by atoms with Crippen molar-refractivity contribution in [2.75, 3.05) is 25.0 Å². The number of para-hydroxylation sites is 3. The van der Waals surface area contributed by atoms with Gasteiger partial charge in [0.25, 0.3) is 0 Å². The van der Waals surface area contributed by atoms with Crippen molar-refractivity contribution in [2.45, 2.75) is 25.8 Å². The van der Waals surface area contributed by atoms with E-state index in [2.05, 4.69) is 44.9 Å². The molecule has 2 heterocycles. The maximum absolute atomic E-state index is 12.3. The van der Waals surface area contributed by atoms with Crippen molar-refractivity contribution in [1.82, 2.24) is 14.5 Å². The summed E-state index contributed by atoms with van der Waals surface area (Å²) in [4.78, 5) is 19.2. The van der Waals surface area contributed by atoms with Gasteiger partial charge in [-0.3, -0.25) is 9.69 Å². The lowest BCUT2D eigenvalue weighted by Gasteiger charge is -2.33. The average molecular weight is 348 g/mol. The van der Waals surface area contributed by atoms with Crippen LogP contribution in [0.5, 0.6) is 0 Å². The Morgan fingerprint density at radius 3 is 2.54 bits per heavy atom. The van der Waals surface area contributed by atoms with Gasteiger partial charge in [0.2, 0.25) is 5.91 Å². The number of anilines is 1. The van der Waals surface area contributed by atoms with Gasteiger partial charge in [0.15, 0.2) is 0 Å². The first-order chi connectivity index (χ1) is 12.7. The van der Waals surface area contributed by atoms with Crippen LogP contribution in [0.4, 0.5) is 5.69 Å². The number of carbonyl (C=O) groups excluding carboxylic acids is 1. The predicted molar refractivity (Wildman–Crippen MR) is 104 cm³/mol. The molecule has 0 aliphatic carbocycles. The third-order valence-corrected chi connectivity index (χ3v) is 5.12. The number of aryl methyl sites for hydroxylation is 1. The molecule has 1 aromatic heterocycles. The minimum absolute atomic E-state index is 0.0545. The molecule has 1 N–H and O–H groups in total. The fourth-order valence-electron chi connectivity index (χ4n) is 3.89. The zero-order valence-electron chi connectivity index (χ0n) is 15.1. The molecule has 0 saturated carbocycles. The number of aromatic nitrogens is 2. The summed E-state index contributed by atoms with van der Waals surface area (Å²) in [7, 11) is 0. The van der Waals surface area contributed by atoms with Crippen LogP contribution >= 0.6 is 0 Å². The largest absolute Gasteiger partial charge is 0.325 e. The van der Waals surface area contributed by atoms with E-state index in [1.54, 1.807) is 0 Å². The Balaban J connectivity index is 1.37. The summed E-state index contributed by atoms with van der Waals surface area (Å²) in [5.74, 6) is 1.13. The Morgan fingerprint density at radius 1 is 1.08 bits per heavy atom. The normalized spacial score (nSPS) is 16.0. The lowest BCUT2D eigenvalue weighted by Crippen LogP contribution is -2.39. The molecule has 5 nitrogen and oxygen atoms in total. The van der Waals surface area contributed by atoms with Crippen molar-refractivity contribution in [2.24, 2.45) is 0 Å². The zero-order chi connectivity index (χ0) is 17.9. The molecule has 1 saturated heterocycles. The van der Waals surface area contributed by atoms with Gasteiger partial charge in [-0.15, -0.1) is 0 Å². The van der Waals surface area contributed by atoms with E-state index in [0.717, 1.165) is 43.0 Å². The molecule has 1 fully saturated rings. The number of fused-ring (bicyclic) bond motifs is 1. The highest BCUT2D eigenvalue weighted by molar-refractivity contribution is 5.92. The number of nitrogens with zero attached hydrogens (tertiary/aromatic N) is 3. The van der Waals surface area contributed by atoms with Gasteiger partial charge in [-0.1, -0.05) is 30.3 Å². The lowest BCUT2D eigenvalue weighted by molar-refractivity contribution is -0.117. The molecule has 134 valence electrons. The van der Waals surface area contributed by atoms with E-state index in [-0.39, 0.29) is 5.91 Å². The van der Waals surface area contributed by atoms with Crippen molar-refractivity contribution in [3.05, 3.63) is 60.4 Å². The van der Waals surface area contributed by atoms with Crippen molar-refractivity contribution in [3.8, 4) is 0 Å². The van der Waals surface area contributed by atoms with Crippen LogP contribution in [0.15, 0.2) is 54.6 Å². The van der Waals surface area contributed by atoms with Gasteiger partial charge in [-0.05, 0) is 44.0 Å². The summed E-state index contributed by atoms with van der Waals surface area (Å²) in [5, 5.41) is 2.97. The number of rotatable bonds is 4. The van der Waals surface area contributed by atoms with Crippen LogP contribution in [-0.2, 0) is 4.79 Å². The topological polar surface area (TPSA) is 50.2 Å². The van der Waals surface area contributed by atoms with Gasteiger partial charge in [0.05, 0.1) is 17.6 Å². The summed E-state index contributed by atoms with van der Waals surface area (Å²) in [5.41, 5.74) is 3.13. The van der Waals surface area contributed by atoms with Crippen LogP contribution in [0.2, 0.25) is 0 Å². The number of benzene rings is 2. The minimum atomic E-state index is 0.0545. The monoisotopic (exact) mass is 348 g/mol. The molecule has 5 heteroatoms. The van der Waals surface area contributed by atoms with Crippen LogP contribution in [0.3, 0.4) is 0 Å². The summed E-state index contributed by atoms with van der Waals surface area (Å²) in [6.45, 7) is 4.39. The standard InChI is InChI=1S/C21H24N4O/c1-16-22-19-9-5-6-10-20(19)25(16)18-11-13-24(14-12-18)15-21(26)23-17-7-3-2-4-8-17/h2-10,18H,11-15H2,1H3,(H,23,26). The van der Waals surface area contributed by atoms with E-state index in [1.807, 2.05) is 36.4 Å². The molecule has 0 unspecified atom stereocenters. The summed E-state index contributed by atoms with van der Waals surface area (Å²) >= 11 is 0. The van der Waals surface area contributed by atoms with Crippen LogP contribution in [0, 0.1) is 6.92 Å². The van der Waals surface area contributed by atoms with E-state index in [9.17, 15) is 4.79 Å². The van der Waals surface area contributed by atoms with Gasteiger partial charge in [-0.25, -0.2) is 4.98 Å². The third kappa shape index (κ3) is 3.48. The Hall–Kier alpha value is -2.66. The number of piperidine rings is 1. The number of likely N-dealkylation sites (tertiary alicyclic amines) is 1. The Bertz CT molecular complexity index is 895. The maximum Gasteiger partial charge on any atom is 0.238 e. The second kappa shape index (κ2) is 7.30. The molecule has 1 amide bonds. The van der Waals surface area contributed by atoms with E-state index in [1.165, 1.54) is 5.52 Å². The Labute approximate surface area is 153 Å². The highest BCUT2D eigenvalue weighted by atomic mass is 16.2. The van der Waals surface area contributed by atoms with Crippen LogP contribution in [0.1, 0.15) is 24.7 Å². The van der Waals surface area contributed by atoms with E-state index in [4.69, 9.17) is 0 Å². The van der Waals surface area contributed by atoms with Crippen molar-refractivity contribution in [3.63, 3.8) is 0 Å². The SMILES string of the molecule is Cc1nc2ccccc2n1C1CCN(CC(=O)Nc2ccccc2)CC1. The van der Waals surface area contributed by atoms with Gasteiger partial charge in [-0.2, -0.15) is 0 Å². The highest BCUT2D eigenvalue weighted by Gasteiger charge is 2.24. The van der Waals surface area contributed by atoms with Gasteiger partial charge in [0, 0.05) is 24.8 Å². The maximum atomic E-state index is 12.3. The fourth-order valence-corrected chi connectivity index (χ4v) is 3.89. The molecular weight excluding hydrogens is 324 g/mol. The summed E-state index contributed by atoms with van der Waals surface area (Å²) in [6.07, 6.45) is 2.08. The molecule has 4 rings (SSSR count). The molecule has 2 aromatic carbocycles. The van der Waals surface area contributed by atoms with Gasteiger partial charge >= 0.3 is 0 Å². The lowest BCUT2D eigenvalue weighted by atomic mass is 10.0. The van der Waals surface area contributed by atoms with Crippen LogP contribution in [-0.4, -0.2) is 40.0 Å². The number of hydrogen-bond acceptors (Lipinski definition) is 3. The Morgan fingerprint density at radius 2 is 1.77 bits per heavy atom. The first kappa shape index (κ1) is 16.8. The molecule has 1 aliphatic heterocycles. The van der Waals surface area contributed by atoms with Crippen LogP contribution in [0.25, 0.3) is 11.0 Å². The van der Waals surface area contributed by atoms with E-state index >= 15 is 0 Å². The molecule has 1 aliphatic rings. The van der Waals surface area contributed by atoms with Crippen LogP contribution < -0.4 is 5.32 Å². The van der Waals surface area contributed by atoms with E-state index in [0.29, 0.717) is 12.6 Å². The second-order valence-electron chi connectivity index (χ2n) is 6.94. The molecule has 0 atom stereocenters. The zero-order valence-corrected chi connectivity index (χ0v) is 15.1. The highest BCUT2D eigenvalue weighted by Crippen LogP contribution is 2.28. The average Bonchev–Trinajstić information content (AvgIpc) is 2.99. The molecule has 26 heavy (non-hydrogen) atoms. The fraction of sp³-hybridized carbons (Fsp3) is 0.333.